The molecule has 0 saturated heterocycles. The zero-order chi connectivity index (χ0) is 22.1. The first-order valence-electron chi connectivity index (χ1n) is 9.98. The quantitative estimate of drug-likeness (QED) is 0.349. The van der Waals surface area contributed by atoms with Crippen LogP contribution in [0.15, 0.2) is 84.0 Å². The van der Waals surface area contributed by atoms with Gasteiger partial charge in [-0.2, -0.15) is 5.10 Å². The molecule has 0 aliphatic heterocycles. The van der Waals surface area contributed by atoms with Crippen LogP contribution >= 0.6 is 0 Å². The van der Waals surface area contributed by atoms with Gasteiger partial charge in [-0.05, 0) is 42.7 Å². The topological polar surface area (TPSA) is 79.8 Å². The van der Waals surface area contributed by atoms with Gasteiger partial charge in [0, 0.05) is 0 Å². The summed E-state index contributed by atoms with van der Waals surface area (Å²) in [5.41, 5.74) is 6.17. The number of nitrogens with one attached hydrogen (secondary N) is 2. The predicted molar refractivity (Wildman–Crippen MR) is 121 cm³/mol. The summed E-state index contributed by atoms with van der Waals surface area (Å²) in [5.74, 6) is -0.889. The van der Waals surface area contributed by atoms with Crippen LogP contribution in [0, 0.1) is 6.92 Å². The van der Waals surface area contributed by atoms with Crippen molar-refractivity contribution in [2.24, 2.45) is 5.10 Å². The molecule has 0 saturated carbocycles. The van der Waals surface area contributed by atoms with Gasteiger partial charge < -0.3 is 10.1 Å². The van der Waals surface area contributed by atoms with Crippen LogP contribution in [-0.2, 0) is 16.2 Å². The molecule has 0 fully saturated rings. The largest absolute Gasteiger partial charge is 0.489 e. The van der Waals surface area contributed by atoms with Crippen molar-refractivity contribution in [2.45, 2.75) is 26.5 Å². The van der Waals surface area contributed by atoms with E-state index in [0.717, 1.165) is 16.7 Å². The fourth-order valence-electron chi connectivity index (χ4n) is 2.84. The number of rotatable bonds is 7. The zero-order valence-corrected chi connectivity index (χ0v) is 17.5. The van der Waals surface area contributed by atoms with Crippen LogP contribution in [-0.4, -0.2) is 18.0 Å². The van der Waals surface area contributed by atoms with Crippen LogP contribution in [0.3, 0.4) is 0 Å². The average molecular weight is 415 g/mol. The minimum absolute atomic E-state index is 0.286. The molecule has 6 heteroatoms. The van der Waals surface area contributed by atoms with Crippen molar-refractivity contribution in [3.8, 4) is 5.75 Å². The molecule has 3 rings (SSSR count). The Morgan fingerprint density at radius 3 is 2.45 bits per heavy atom. The Balaban J connectivity index is 1.49. The van der Waals surface area contributed by atoms with Crippen molar-refractivity contribution in [3.05, 3.63) is 101 Å². The van der Waals surface area contributed by atoms with E-state index in [-0.39, 0.29) is 6.04 Å². The maximum atomic E-state index is 12.0. The standard InChI is InChI=1S/C25H25N3O3/c1-18-11-13-20(14-12-18)17-31-23-10-6-7-21(15-23)16-26-28-25(30)24(29)27-19(2)22-8-4-3-5-9-22/h3-16,19H,17H2,1-2H3,(H,27,29)(H,28,30)/b26-16-/t19-/m0/s1. The summed E-state index contributed by atoms with van der Waals surface area (Å²) >= 11 is 0. The summed E-state index contributed by atoms with van der Waals surface area (Å²) in [6.45, 7) is 4.31. The van der Waals surface area contributed by atoms with Crippen molar-refractivity contribution in [1.29, 1.82) is 0 Å². The Labute approximate surface area is 182 Å². The van der Waals surface area contributed by atoms with E-state index in [1.54, 1.807) is 6.07 Å². The summed E-state index contributed by atoms with van der Waals surface area (Å²) in [6, 6.07) is 24.6. The highest BCUT2D eigenvalue weighted by molar-refractivity contribution is 6.35. The summed E-state index contributed by atoms with van der Waals surface area (Å²) in [5, 5.41) is 6.52. The van der Waals surface area contributed by atoms with Crippen LogP contribution < -0.4 is 15.5 Å². The molecule has 0 aliphatic carbocycles. The van der Waals surface area contributed by atoms with Crippen molar-refractivity contribution in [1.82, 2.24) is 10.7 Å². The highest BCUT2D eigenvalue weighted by Gasteiger charge is 2.16. The second-order valence-corrected chi connectivity index (χ2v) is 7.15. The molecule has 3 aromatic rings. The molecule has 158 valence electrons. The Bertz CT molecular complexity index is 1050. The van der Waals surface area contributed by atoms with E-state index in [4.69, 9.17) is 4.74 Å². The first-order chi connectivity index (χ1) is 15.0. The molecule has 0 aromatic heterocycles. The van der Waals surface area contributed by atoms with E-state index in [9.17, 15) is 9.59 Å². The van der Waals surface area contributed by atoms with Crippen molar-refractivity contribution < 1.29 is 14.3 Å². The number of hydrazone groups is 1. The second-order valence-electron chi connectivity index (χ2n) is 7.15. The molecule has 0 bridgehead atoms. The first-order valence-corrected chi connectivity index (χ1v) is 9.98. The Morgan fingerprint density at radius 1 is 0.968 bits per heavy atom. The van der Waals surface area contributed by atoms with Crippen LogP contribution in [0.25, 0.3) is 0 Å². The molecular weight excluding hydrogens is 390 g/mol. The van der Waals surface area contributed by atoms with Crippen LogP contribution in [0.4, 0.5) is 0 Å². The number of amides is 2. The minimum Gasteiger partial charge on any atom is -0.489 e. The van der Waals surface area contributed by atoms with Crippen molar-refractivity contribution >= 4 is 18.0 Å². The number of nitrogens with zero attached hydrogens (tertiary/aromatic N) is 1. The van der Waals surface area contributed by atoms with Crippen LogP contribution in [0.5, 0.6) is 5.75 Å². The third-order valence-corrected chi connectivity index (χ3v) is 4.62. The third kappa shape index (κ3) is 6.82. The lowest BCUT2D eigenvalue weighted by atomic mass is 10.1. The number of ether oxygens (including phenoxy) is 1. The number of aryl methyl sites for hydroxylation is 1. The molecule has 31 heavy (non-hydrogen) atoms. The lowest BCUT2D eigenvalue weighted by Crippen LogP contribution is -2.39. The number of hydrogen-bond acceptors (Lipinski definition) is 4. The molecule has 0 heterocycles. The van der Waals surface area contributed by atoms with Gasteiger partial charge in [-0.25, -0.2) is 5.43 Å². The van der Waals surface area contributed by atoms with E-state index < -0.39 is 11.8 Å². The van der Waals surface area contributed by atoms with Crippen LogP contribution in [0.1, 0.15) is 35.2 Å². The normalized spacial score (nSPS) is 11.7. The van der Waals surface area contributed by atoms with E-state index in [1.165, 1.54) is 11.8 Å². The van der Waals surface area contributed by atoms with Gasteiger partial charge >= 0.3 is 11.8 Å². The zero-order valence-electron chi connectivity index (χ0n) is 17.5. The molecule has 1 atom stereocenters. The lowest BCUT2D eigenvalue weighted by molar-refractivity contribution is -0.139. The van der Waals surface area contributed by atoms with E-state index in [1.807, 2.05) is 86.6 Å². The Morgan fingerprint density at radius 2 is 1.71 bits per heavy atom. The third-order valence-electron chi connectivity index (χ3n) is 4.62. The number of benzene rings is 3. The number of hydrogen-bond donors (Lipinski definition) is 2. The number of carbonyl (C=O) groups is 2. The Hall–Kier alpha value is -3.93. The molecule has 0 spiro atoms. The van der Waals surface area contributed by atoms with E-state index >= 15 is 0 Å². The maximum Gasteiger partial charge on any atom is 0.329 e. The highest BCUT2D eigenvalue weighted by Crippen LogP contribution is 2.15. The maximum absolute atomic E-state index is 12.0. The van der Waals surface area contributed by atoms with Gasteiger partial charge in [0.25, 0.3) is 0 Å². The molecule has 2 N–H and O–H groups in total. The van der Waals surface area contributed by atoms with Crippen molar-refractivity contribution in [3.63, 3.8) is 0 Å². The van der Waals surface area contributed by atoms with Crippen molar-refractivity contribution in [2.75, 3.05) is 0 Å². The van der Waals surface area contributed by atoms with Gasteiger partial charge in [-0.1, -0.05) is 72.3 Å². The molecule has 3 aromatic carbocycles. The van der Waals surface area contributed by atoms with E-state index in [0.29, 0.717) is 12.4 Å². The lowest BCUT2D eigenvalue weighted by Gasteiger charge is -2.13. The molecular formula is C25H25N3O3. The summed E-state index contributed by atoms with van der Waals surface area (Å²) in [6.07, 6.45) is 1.46. The summed E-state index contributed by atoms with van der Waals surface area (Å²) < 4.78 is 5.81. The monoisotopic (exact) mass is 415 g/mol. The highest BCUT2D eigenvalue weighted by atomic mass is 16.5. The van der Waals surface area contributed by atoms with Gasteiger partial charge in [0.2, 0.25) is 0 Å². The molecule has 6 nitrogen and oxygen atoms in total. The molecule has 0 radical (unpaired) electrons. The fraction of sp³-hybridized carbons (Fsp3) is 0.160. The molecule has 2 amide bonds. The average Bonchev–Trinajstić information content (AvgIpc) is 2.79. The van der Waals surface area contributed by atoms with Gasteiger partial charge in [0.05, 0.1) is 12.3 Å². The smallest absolute Gasteiger partial charge is 0.329 e. The Kier molecular flexibility index (Phi) is 7.54. The van der Waals surface area contributed by atoms with Gasteiger partial charge in [0.15, 0.2) is 0 Å². The first kappa shape index (κ1) is 21.8. The van der Waals surface area contributed by atoms with Crippen LogP contribution in [0.2, 0.25) is 0 Å². The SMILES string of the molecule is Cc1ccc(COc2cccc(/C=N\NC(=O)C(=O)N[C@@H](C)c3ccccc3)c2)cc1. The van der Waals surface area contributed by atoms with Gasteiger partial charge in [0.1, 0.15) is 12.4 Å². The summed E-state index contributed by atoms with van der Waals surface area (Å²) in [4.78, 5) is 24.0. The number of carbonyl (C=O) groups excluding carboxylic acids is 2. The fourth-order valence-corrected chi connectivity index (χ4v) is 2.84. The predicted octanol–water partition coefficient (Wildman–Crippen LogP) is 3.90. The molecule has 0 unspecified atom stereocenters. The van der Waals surface area contributed by atoms with E-state index in [2.05, 4.69) is 15.8 Å². The minimum atomic E-state index is -0.828. The van der Waals surface area contributed by atoms with Gasteiger partial charge in [-0.15, -0.1) is 0 Å². The summed E-state index contributed by atoms with van der Waals surface area (Å²) in [7, 11) is 0. The van der Waals surface area contributed by atoms with Gasteiger partial charge in [-0.3, -0.25) is 9.59 Å². The second kappa shape index (κ2) is 10.7. The molecule has 0 aliphatic rings.